The van der Waals surface area contributed by atoms with Gasteiger partial charge in [0.1, 0.15) is 0 Å². The summed E-state index contributed by atoms with van der Waals surface area (Å²) in [5, 5.41) is 8.10. The number of hydrogen-bond donors (Lipinski definition) is 0. The van der Waals surface area contributed by atoms with Gasteiger partial charge in [0, 0.05) is 44.0 Å². The second kappa shape index (κ2) is 8.06. The lowest BCUT2D eigenvalue weighted by atomic mass is 10.1. The summed E-state index contributed by atoms with van der Waals surface area (Å²) < 4.78 is 11.0. The first kappa shape index (κ1) is 16.6. The average molecular weight is 329 g/mol. The quantitative estimate of drug-likeness (QED) is 0.781. The van der Waals surface area contributed by atoms with Crippen LogP contribution in [0.25, 0.3) is 11.5 Å². The Morgan fingerprint density at radius 1 is 1.29 bits per heavy atom. The third-order valence-corrected chi connectivity index (χ3v) is 4.28. The van der Waals surface area contributed by atoms with Crippen molar-refractivity contribution in [3.63, 3.8) is 0 Å². The maximum absolute atomic E-state index is 12.4. The first-order valence-corrected chi connectivity index (χ1v) is 8.49. The number of hydrogen-bond acceptors (Lipinski definition) is 5. The molecular weight excluding hydrogens is 306 g/mol. The van der Waals surface area contributed by atoms with E-state index in [0.717, 1.165) is 31.7 Å². The minimum absolute atomic E-state index is 0.129. The molecule has 0 radical (unpaired) electrons. The van der Waals surface area contributed by atoms with Crippen LogP contribution in [-0.2, 0) is 16.0 Å². The predicted octanol–water partition coefficient (Wildman–Crippen LogP) is 2.55. The van der Waals surface area contributed by atoms with E-state index in [9.17, 15) is 4.79 Å². The summed E-state index contributed by atoms with van der Waals surface area (Å²) >= 11 is 0. The molecule has 1 aliphatic heterocycles. The van der Waals surface area contributed by atoms with E-state index in [1.165, 1.54) is 0 Å². The molecule has 1 atom stereocenters. The number of nitrogens with zero attached hydrogens (tertiary/aromatic N) is 3. The second-order valence-electron chi connectivity index (χ2n) is 6.03. The molecule has 2 heterocycles. The topological polar surface area (TPSA) is 68.5 Å². The molecule has 0 N–H and O–H groups in total. The Labute approximate surface area is 141 Å². The van der Waals surface area contributed by atoms with Crippen molar-refractivity contribution in [2.24, 2.45) is 5.92 Å². The zero-order valence-electron chi connectivity index (χ0n) is 14.0. The molecule has 3 rings (SSSR count). The fourth-order valence-corrected chi connectivity index (χ4v) is 2.87. The summed E-state index contributed by atoms with van der Waals surface area (Å²) in [7, 11) is 0. The SMILES string of the molecule is CCN(C[C@@H]1CCOC1)C(=O)CCc1nnc(-c2ccccc2)o1. The molecular formula is C18H23N3O3. The Hall–Kier alpha value is -2.21. The number of carbonyl (C=O) groups is 1. The predicted molar refractivity (Wildman–Crippen MR) is 89.2 cm³/mol. The largest absolute Gasteiger partial charge is 0.421 e. The van der Waals surface area contributed by atoms with Crippen LogP contribution in [-0.4, -0.2) is 47.3 Å². The van der Waals surface area contributed by atoms with Gasteiger partial charge in [-0.05, 0) is 25.5 Å². The van der Waals surface area contributed by atoms with E-state index >= 15 is 0 Å². The van der Waals surface area contributed by atoms with Crippen molar-refractivity contribution in [3.8, 4) is 11.5 Å². The molecule has 1 aromatic heterocycles. The van der Waals surface area contributed by atoms with Crippen molar-refractivity contribution < 1.29 is 13.9 Å². The Balaban J connectivity index is 1.53. The van der Waals surface area contributed by atoms with Gasteiger partial charge >= 0.3 is 0 Å². The van der Waals surface area contributed by atoms with Crippen LogP contribution in [0.1, 0.15) is 25.7 Å². The first-order chi connectivity index (χ1) is 11.8. The molecule has 0 unspecified atom stereocenters. The van der Waals surface area contributed by atoms with Crippen LogP contribution in [0.15, 0.2) is 34.7 Å². The standard InChI is InChI=1S/C18H23N3O3/c1-2-21(12-14-10-11-23-13-14)17(22)9-8-16-19-20-18(24-16)15-6-4-3-5-7-15/h3-7,14H,2,8-13H2,1H3/t14-/m0/s1. The van der Waals surface area contributed by atoms with Gasteiger partial charge < -0.3 is 14.1 Å². The monoisotopic (exact) mass is 329 g/mol. The smallest absolute Gasteiger partial charge is 0.247 e. The molecule has 6 nitrogen and oxygen atoms in total. The number of carbonyl (C=O) groups excluding carboxylic acids is 1. The lowest BCUT2D eigenvalue weighted by molar-refractivity contribution is -0.131. The van der Waals surface area contributed by atoms with Gasteiger partial charge in [-0.15, -0.1) is 10.2 Å². The normalized spacial score (nSPS) is 17.1. The molecule has 1 aromatic carbocycles. The highest BCUT2D eigenvalue weighted by atomic mass is 16.5. The maximum Gasteiger partial charge on any atom is 0.247 e. The van der Waals surface area contributed by atoms with E-state index in [1.54, 1.807) is 0 Å². The lowest BCUT2D eigenvalue weighted by Gasteiger charge is -2.23. The van der Waals surface area contributed by atoms with E-state index in [4.69, 9.17) is 9.15 Å². The molecule has 1 saturated heterocycles. The van der Waals surface area contributed by atoms with Crippen LogP contribution in [0.3, 0.4) is 0 Å². The number of benzene rings is 1. The highest BCUT2D eigenvalue weighted by Crippen LogP contribution is 2.18. The van der Waals surface area contributed by atoms with E-state index in [1.807, 2.05) is 42.2 Å². The third kappa shape index (κ3) is 4.20. The summed E-state index contributed by atoms with van der Waals surface area (Å²) in [6.45, 7) is 5.06. The maximum atomic E-state index is 12.4. The number of amides is 1. The zero-order valence-corrected chi connectivity index (χ0v) is 14.0. The van der Waals surface area contributed by atoms with Crippen LogP contribution in [0, 0.1) is 5.92 Å². The molecule has 6 heteroatoms. The number of rotatable bonds is 7. The van der Waals surface area contributed by atoms with Crippen molar-refractivity contribution in [3.05, 3.63) is 36.2 Å². The number of aryl methyl sites for hydroxylation is 1. The Morgan fingerprint density at radius 3 is 2.83 bits per heavy atom. The fraction of sp³-hybridized carbons (Fsp3) is 0.500. The molecule has 0 spiro atoms. The van der Waals surface area contributed by atoms with Crippen molar-refractivity contribution in [1.82, 2.24) is 15.1 Å². The Bertz CT molecular complexity index is 651. The highest BCUT2D eigenvalue weighted by molar-refractivity contribution is 5.76. The van der Waals surface area contributed by atoms with Crippen LogP contribution in [0.5, 0.6) is 0 Å². The van der Waals surface area contributed by atoms with E-state index in [-0.39, 0.29) is 5.91 Å². The molecule has 0 saturated carbocycles. The molecule has 0 bridgehead atoms. The van der Waals surface area contributed by atoms with E-state index in [0.29, 0.717) is 37.1 Å². The van der Waals surface area contributed by atoms with Crippen molar-refractivity contribution >= 4 is 5.91 Å². The minimum atomic E-state index is 0.129. The van der Waals surface area contributed by atoms with Gasteiger partial charge in [0.05, 0.1) is 6.61 Å². The minimum Gasteiger partial charge on any atom is -0.421 e. The molecule has 1 fully saturated rings. The summed E-state index contributed by atoms with van der Waals surface area (Å²) in [5.41, 5.74) is 0.888. The van der Waals surface area contributed by atoms with Crippen LogP contribution < -0.4 is 0 Å². The summed E-state index contributed by atoms with van der Waals surface area (Å²) in [4.78, 5) is 14.3. The van der Waals surface area contributed by atoms with Gasteiger partial charge in [-0.2, -0.15) is 0 Å². The van der Waals surface area contributed by atoms with E-state index < -0.39 is 0 Å². The first-order valence-electron chi connectivity index (χ1n) is 8.49. The van der Waals surface area contributed by atoms with Crippen molar-refractivity contribution in [2.45, 2.75) is 26.2 Å². The molecule has 0 aliphatic carbocycles. The number of aromatic nitrogens is 2. The summed E-state index contributed by atoms with van der Waals surface area (Å²) in [5.74, 6) is 1.59. The van der Waals surface area contributed by atoms with Gasteiger partial charge in [0.2, 0.25) is 17.7 Å². The van der Waals surface area contributed by atoms with E-state index in [2.05, 4.69) is 10.2 Å². The average Bonchev–Trinajstić information content (AvgIpc) is 3.30. The summed E-state index contributed by atoms with van der Waals surface area (Å²) in [6.07, 6.45) is 1.89. The lowest BCUT2D eigenvalue weighted by Crippen LogP contribution is -2.35. The van der Waals surface area contributed by atoms with Gasteiger partial charge in [-0.25, -0.2) is 0 Å². The van der Waals surface area contributed by atoms with Gasteiger partial charge in [0.25, 0.3) is 0 Å². The van der Waals surface area contributed by atoms with Crippen LogP contribution in [0.2, 0.25) is 0 Å². The molecule has 1 amide bonds. The molecule has 1 aliphatic rings. The van der Waals surface area contributed by atoms with Crippen LogP contribution >= 0.6 is 0 Å². The van der Waals surface area contributed by atoms with Crippen LogP contribution in [0.4, 0.5) is 0 Å². The zero-order chi connectivity index (χ0) is 16.8. The Kier molecular flexibility index (Phi) is 5.59. The molecule has 2 aromatic rings. The van der Waals surface area contributed by atoms with Crippen molar-refractivity contribution in [2.75, 3.05) is 26.3 Å². The summed E-state index contributed by atoms with van der Waals surface area (Å²) in [6, 6.07) is 9.63. The van der Waals surface area contributed by atoms with Gasteiger partial charge in [0.15, 0.2) is 0 Å². The third-order valence-electron chi connectivity index (χ3n) is 4.28. The molecule has 128 valence electrons. The molecule has 24 heavy (non-hydrogen) atoms. The Morgan fingerprint density at radius 2 is 2.12 bits per heavy atom. The van der Waals surface area contributed by atoms with Crippen molar-refractivity contribution in [1.29, 1.82) is 0 Å². The number of ether oxygens (including phenoxy) is 1. The highest BCUT2D eigenvalue weighted by Gasteiger charge is 2.21. The second-order valence-corrected chi connectivity index (χ2v) is 6.03. The fourth-order valence-electron chi connectivity index (χ4n) is 2.87. The van der Waals surface area contributed by atoms with Gasteiger partial charge in [-0.1, -0.05) is 18.2 Å². The van der Waals surface area contributed by atoms with Gasteiger partial charge in [-0.3, -0.25) is 4.79 Å².